The maximum atomic E-state index is 10.9. The van der Waals surface area contributed by atoms with Crippen molar-refractivity contribution in [2.45, 2.75) is 36.9 Å². The molecule has 2 heterocycles. The molecule has 2 atom stereocenters. The summed E-state index contributed by atoms with van der Waals surface area (Å²) in [5.74, 6) is -1.81. The second-order valence-electron chi connectivity index (χ2n) is 5.61. The van der Waals surface area contributed by atoms with E-state index >= 15 is 0 Å². The summed E-state index contributed by atoms with van der Waals surface area (Å²) in [5.41, 5.74) is -0.148. The number of carboxylic acid groups (broad SMARTS) is 2. The van der Waals surface area contributed by atoms with Gasteiger partial charge in [0.25, 0.3) is 0 Å². The van der Waals surface area contributed by atoms with E-state index in [1.807, 2.05) is 24.3 Å². The van der Waals surface area contributed by atoms with Gasteiger partial charge in [0.1, 0.15) is 11.2 Å². The first-order valence-corrected chi connectivity index (χ1v) is 7.08. The summed E-state index contributed by atoms with van der Waals surface area (Å²) in [5, 5.41) is 17.9. The molecule has 2 N–H and O–H groups in total. The van der Waals surface area contributed by atoms with E-state index in [4.69, 9.17) is 20.0 Å². The SMILES string of the molecule is O=C(O)CC[C@@]12C=C[C@@](CCC(=O)O)(OO1)c1ccccc12. The molecule has 0 aromatic heterocycles. The molecule has 0 saturated heterocycles. The second kappa shape index (κ2) is 5.23. The van der Waals surface area contributed by atoms with Crippen LogP contribution in [0.4, 0.5) is 0 Å². The summed E-state index contributed by atoms with van der Waals surface area (Å²) in [6.45, 7) is 0. The Labute approximate surface area is 126 Å². The maximum absolute atomic E-state index is 10.9. The van der Waals surface area contributed by atoms with Crippen LogP contribution >= 0.6 is 0 Å². The van der Waals surface area contributed by atoms with Crippen LogP contribution in [-0.4, -0.2) is 22.2 Å². The molecule has 2 aliphatic heterocycles. The molecule has 0 spiro atoms. The summed E-state index contributed by atoms with van der Waals surface area (Å²) in [6.07, 6.45) is 4.00. The van der Waals surface area contributed by atoms with E-state index in [-0.39, 0.29) is 25.7 Å². The summed E-state index contributed by atoms with van der Waals surface area (Å²) in [7, 11) is 0. The van der Waals surface area contributed by atoms with Crippen LogP contribution in [0.3, 0.4) is 0 Å². The van der Waals surface area contributed by atoms with Gasteiger partial charge in [-0.25, -0.2) is 9.78 Å². The Kier molecular flexibility index (Phi) is 3.50. The van der Waals surface area contributed by atoms with Crippen LogP contribution in [0, 0.1) is 0 Å². The molecule has 4 rings (SSSR count). The normalized spacial score (nSPS) is 28.4. The number of hydrogen-bond acceptors (Lipinski definition) is 4. The van der Waals surface area contributed by atoms with Gasteiger partial charge >= 0.3 is 11.9 Å². The third-order valence-electron chi connectivity index (χ3n) is 4.22. The zero-order chi connectivity index (χ0) is 15.8. The molecule has 2 bridgehead atoms. The molecule has 6 nitrogen and oxygen atoms in total. The molecule has 0 fully saturated rings. The standard InChI is InChI=1S/C16H16O6/c17-13(18)5-7-15-9-10-16(22-21-15,8-6-14(19)20)12-4-2-1-3-11(12)15/h1-4,9-10H,5-8H2,(H,17,18)(H,19,20)/t15-,16+. The molecule has 0 amide bonds. The number of aliphatic carboxylic acids is 2. The van der Waals surface area contributed by atoms with Crippen LogP contribution in [0.2, 0.25) is 0 Å². The third kappa shape index (κ3) is 2.30. The van der Waals surface area contributed by atoms with E-state index in [1.54, 1.807) is 12.2 Å². The zero-order valence-corrected chi connectivity index (χ0v) is 11.8. The van der Waals surface area contributed by atoms with E-state index in [0.29, 0.717) is 0 Å². The minimum absolute atomic E-state index is 0.0514. The summed E-state index contributed by atoms with van der Waals surface area (Å²) in [6, 6.07) is 7.45. The Balaban J connectivity index is 1.98. The lowest BCUT2D eigenvalue weighted by atomic mass is 9.72. The highest BCUT2D eigenvalue weighted by atomic mass is 17.2. The van der Waals surface area contributed by atoms with Crippen LogP contribution in [0.1, 0.15) is 36.8 Å². The van der Waals surface area contributed by atoms with Gasteiger partial charge in [-0.05, 0) is 36.1 Å². The highest BCUT2D eigenvalue weighted by molar-refractivity contribution is 5.68. The van der Waals surface area contributed by atoms with E-state index < -0.39 is 23.1 Å². The Bertz CT molecular complexity index is 597. The number of carbonyl (C=O) groups is 2. The average molecular weight is 304 g/mol. The van der Waals surface area contributed by atoms with Crippen LogP contribution in [0.15, 0.2) is 36.4 Å². The van der Waals surface area contributed by atoms with Gasteiger partial charge in [-0.3, -0.25) is 9.59 Å². The van der Waals surface area contributed by atoms with Crippen molar-refractivity contribution in [1.29, 1.82) is 0 Å². The van der Waals surface area contributed by atoms with Gasteiger partial charge in [-0.2, -0.15) is 0 Å². The first kappa shape index (κ1) is 14.7. The Morgan fingerprint density at radius 2 is 1.27 bits per heavy atom. The highest BCUT2D eigenvalue weighted by Gasteiger charge is 2.51. The van der Waals surface area contributed by atoms with Crippen molar-refractivity contribution in [3.8, 4) is 0 Å². The third-order valence-corrected chi connectivity index (χ3v) is 4.22. The van der Waals surface area contributed by atoms with Crippen molar-refractivity contribution < 1.29 is 29.6 Å². The zero-order valence-electron chi connectivity index (χ0n) is 11.8. The largest absolute Gasteiger partial charge is 0.481 e. The van der Waals surface area contributed by atoms with Gasteiger partial charge in [0.05, 0.1) is 0 Å². The van der Waals surface area contributed by atoms with Gasteiger partial charge in [0.15, 0.2) is 0 Å². The molecular weight excluding hydrogens is 288 g/mol. The van der Waals surface area contributed by atoms with Gasteiger partial charge in [0.2, 0.25) is 0 Å². The van der Waals surface area contributed by atoms with Gasteiger partial charge in [-0.1, -0.05) is 24.3 Å². The fourth-order valence-electron chi connectivity index (χ4n) is 3.07. The van der Waals surface area contributed by atoms with Crippen molar-refractivity contribution in [1.82, 2.24) is 0 Å². The van der Waals surface area contributed by atoms with Crippen molar-refractivity contribution in [3.63, 3.8) is 0 Å². The number of benzene rings is 1. The minimum atomic E-state index is -0.917. The van der Waals surface area contributed by atoms with E-state index in [0.717, 1.165) is 11.1 Å². The van der Waals surface area contributed by atoms with Crippen LogP contribution in [0.25, 0.3) is 0 Å². The van der Waals surface area contributed by atoms with Crippen molar-refractivity contribution in [2.24, 2.45) is 0 Å². The molecule has 22 heavy (non-hydrogen) atoms. The predicted molar refractivity (Wildman–Crippen MR) is 74.8 cm³/mol. The van der Waals surface area contributed by atoms with Gasteiger partial charge in [0, 0.05) is 12.8 Å². The summed E-state index contributed by atoms with van der Waals surface area (Å²) < 4.78 is 0. The molecule has 0 radical (unpaired) electrons. The lowest BCUT2D eigenvalue weighted by molar-refractivity contribution is -0.425. The Morgan fingerprint density at radius 1 is 0.864 bits per heavy atom. The topological polar surface area (TPSA) is 93.1 Å². The van der Waals surface area contributed by atoms with Crippen LogP contribution in [0.5, 0.6) is 0 Å². The molecule has 1 aromatic carbocycles. The van der Waals surface area contributed by atoms with Crippen molar-refractivity contribution in [2.75, 3.05) is 0 Å². The van der Waals surface area contributed by atoms with Crippen LogP contribution in [-0.2, 0) is 30.6 Å². The second-order valence-corrected chi connectivity index (χ2v) is 5.61. The van der Waals surface area contributed by atoms with E-state index in [1.165, 1.54) is 0 Å². The Morgan fingerprint density at radius 3 is 1.59 bits per heavy atom. The molecule has 1 aliphatic carbocycles. The Hall–Kier alpha value is -2.18. The fraction of sp³-hybridized carbons (Fsp3) is 0.375. The smallest absolute Gasteiger partial charge is 0.303 e. The lowest BCUT2D eigenvalue weighted by Crippen LogP contribution is -2.47. The quantitative estimate of drug-likeness (QED) is 0.619. The van der Waals surface area contributed by atoms with E-state index in [2.05, 4.69) is 0 Å². The highest BCUT2D eigenvalue weighted by Crippen LogP contribution is 2.52. The van der Waals surface area contributed by atoms with E-state index in [9.17, 15) is 9.59 Å². The van der Waals surface area contributed by atoms with Gasteiger partial charge in [-0.15, -0.1) is 0 Å². The van der Waals surface area contributed by atoms with Crippen LogP contribution < -0.4 is 0 Å². The molecule has 116 valence electrons. The molecule has 0 unspecified atom stereocenters. The minimum Gasteiger partial charge on any atom is -0.481 e. The maximum Gasteiger partial charge on any atom is 0.303 e. The van der Waals surface area contributed by atoms with Crippen molar-refractivity contribution >= 4 is 11.9 Å². The number of carboxylic acids is 2. The first-order chi connectivity index (χ1) is 10.5. The molecule has 3 aliphatic rings. The predicted octanol–water partition coefficient (Wildman–Crippen LogP) is 2.34. The molecule has 0 saturated carbocycles. The summed E-state index contributed by atoms with van der Waals surface area (Å²) in [4.78, 5) is 32.8. The lowest BCUT2D eigenvalue weighted by Gasteiger charge is -2.48. The first-order valence-electron chi connectivity index (χ1n) is 7.08. The molecule has 1 aromatic rings. The fourth-order valence-corrected chi connectivity index (χ4v) is 3.07. The average Bonchev–Trinajstić information content (AvgIpc) is 2.53. The number of rotatable bonds is 6. The van der Waals surface area contributed by atoms with Crippen molar-refractivity contribution in [3.05, 3.63) is 47.5 Å². The van der Waals surface area contributed by atoms with Gasteiger partial charge < -0.3 is 10.2 Å². The number of fused-ring (bicyclic) bond motifs is 1. The monoisotopic (exact) mass is 304 g/mol. The molecular formula is C16H16O6. The molecule has 6 heteroatoms. The summed E-state index contributed by atoms with van der Waals surface area (Å²) >= 11 is 0. The number of hydrogen-bond donors (Lipinski definition) is 2.